The van der Waals surface area contributed by atoms with Gasteiger partial charge in [-0.25, -0.2) is 0 Å². The number of nitrogens with one attached hydrogen (secondary N) is 1. The molecule has 16 heavy (non-hydrogen) atoms. The summed E-state index contributed by atoms with van der Waals surface area (Å²) in [6.45, 7) is 15.2. The molecular weight excluding hydrogens is 200 g/mol. The fourth-order valence-corrected chi connectivity index (χ4v) is 2.15. The molecule has 0 aromatic rings. The van der Waals surface area contributed by atoms with Gasteiger partial charge in [-0.2, -0.15) is 0 Å². The van der Waals surface area contributed by atoms with Gasteiger partial charge in [-0.15, -0.1) is 0 Å². The van der Waals surface area contributed by atoms with Crippen molar-refractivity contribution >= 4 is 0 Å². The summed E-state index contributed by atoms with van der Waals surface area (Å²) in [4.78, 5) is 2.56. The predicted molar refractivity (Wildman–Crippen MR) is 68.8 cm³/mol. The molecule has 3 nitrogen and oxygen atoms in total. The monoisotopic (exact) mass is 228 g/mol. The summed E-state index contributed by atoms with van der Waals surface area (Å²) in [6, 6.07) is 0.645. The van der Waals surface area contributed by atoms with Crippen molar-refractivity contribution in [3.63, 3.8) is 0 Å². The molecule has 0 saturated carbocycles. The summed E-state index contributed by atoms with van der Waals surface area (Å²) in [7, 11) is 0. The van der Waals surface area contributed by atoms with Crippen molar-refractivity contribution in [3.8, 4) is 0 Å². The van der Waals surface area contributed by atoms with Crippen LogP contribution in [0.1, 0.15) is 41.0 Å². The minimum absolute atomic E-state index is 0.256. The second-order valence-electron chi connectivity index (χ2n) is 5.66. The van der Waals surface area contributed by atoms with Crippen LogP contribution >= 0.6 is 0 Å². The molecule has 1 heterocycles. The first-order chi connectivity index (χ1) is 7.45. The second-order valence-corrected chi connectivity index (χ2v) is 5.66. The number of nitrogens with zero attached hydrogens (tertiary/aromatic N) is 1. The molecule has 1 N–H and O–H groups in total. The number of piperazine rings is 1. The van der Waals surface area contributed by atoms with Crippen LogP contribution in [-0.2, 0) is 4.74 Å². The highest BCUT2D eigenvalue weighted by Gasteiger charge is 2.32. The van der Waals surface area contributed by atoms with Crippen molar-refractivity contribution in [1.29, 1.82) is 0 Å². The summed E-state index contributed by atoms with van der Waals surface area (Å²) < 4.78 is 5.64. The highest BCUT2D eigenvalue weighted by molar-refractivity contribution is 4.92. The highest BCUT2D eigenvalue weighted by Crippen LogP contribution is 2.19. The molecular formula is C13H28N2O. The molecule has 1 unspecified atom stereocenters. The van der Waals surface area contributed by atoms with Gasteiger partial charge in [0.05, 0.1) is 12.7 Å². The molecule has 0 spiro atoms. The number of hydrogen-bond acceptors (Lipinski definition) is 3. The van der Waals surface area contributed by atoms with E-state index < -0.39 is 0 Å². The number of ether oxygens (including phenoxy) is 1. The van der Waals surface area contributed by atoms with Gasteiger partial charge >= 0.3 is 0 Å². The summed E-state index contributed by atoms with van der Waals surface area (Å²) in [5.41, 5.74) is 0.256. The van der Waals surface area contributed by atoms with Crippen molar-refractivity contribution in [1.82, 2.24) is 10.2 Å². The zero-order valence-electron chi connectivity index (χ0n) is 11.5. The third kappa shape index (κ3) is 4.04. The standard InChI is InChI=1S/C13H28N2O/c1-6-12-9-15(7-8-16-11(2)3)13(4,5)10-14-12/h11-12,14H,6-10H2,1-5H3. The smallest absolute Gasteiger partial charge is 0.0597 e. The lowest BCUT2D eigenvalue weighted by Crippen LogP contribution is -2.62. The van der Waals surface area contributed by atoms with Gasteiger partial charge in [-0.1, -0.05) is 6.92 Å². The van der Waals surface area contributed by atoms with Gasteiger partial charge in [-0.3, -0.25) is 4.90 Å². The van der Waals surface area contributed by atoms with Gasteiger partial charge in [0.25, 0.3) is 0 Å². The Bertz CT molecular complexity index is 204. The highest BCUT2D eigenvalue weighted by atomic mass is 16.5. The first kappa shape index (κ1) is 13.9. The molecule has 96 valence electrons. The molecule has 1 atom stereocenters. The molecule has 1 fully saturated rings. The van der Waals surface area contributed by atoms with Crippen LogP contribution in [0.2, 0.25) is 0 Å². The summed E-state index contributed by atoms with van der Waals surface area (Å²) in [5.74, 6) is 0. The lowest BCUT2D eigenvalue weighted by molar-refractivity contribution is 0.0107. The van der Waals surface area contributed by atoms with Crippen LogP contribution in [0.25, 0.3) is 0 Å². The minimum atomic E-state index is 0.256. The third-order valence-electron chi connectivity index (χ3n) is 3.43. The van der Waals surface area contributed by atoms with Crippen LogP contribution < -0.4 is 5.32 Å². The van der Waals surface area contributed by atoms with Crippen molar-refractivity contribution < 1.29 is 4.74 Å². The first-order valence-corrected chi connectivity index (χ1v) is 6.55. The average Bonchev–Trinajstić information content (AvgIpc) is 2.20. The number of hydrogen-bond donors (Lipinski definition) is 1. The lowest BCUT2D eigenvalue weighted by Gasteiger charge is -2.46. The van der Waals surface area contributed by atoms with E-state index in [1.807, 2.05) is 0 Å². The Hall–Kier alpha value is -0.120. The van der Waals surface area contributed by atoms with Crippen LogP contribution in [-0.4, -0.2) is 48.8 Å². The van der Waals surface area contributed by atoms with Crippen molar-refractivity contribution in [2.45, 2.75) is 58.7 Å². The topological polar surface area (TPSA) is 24.5 Å². The van der Waals surface area contributed by atoms with E-state index >= 15 is 0 Å². The molecule has 0 amide bonds. The Morgan fingerprint density at radius 3 is 2.69 bits per heavy atom. The largest absolute Gasteiger partial charge is 0.377 e. The van der Waals surface area contributed by atoms with Gasteiger partial charge in [0.2, 0.25) is 0 Å². The Kier molecular flexibility index (Phi) is 5.22. The summed E-state index contributed by atoms with van der Waals surface area (Å²) in [5, 5.41) is 3.61. The quantitative estimate of drug-likeness (QED) is 0.777. The van der Waals surface area contributed by atoms with E-state index in [0.29, 0.717) is 12.1 Å². The molecule has 1 aliphatic heterocycles. The van der Waals surface area contributed by atoms with Gasteiger partial charge in [0.15, 0.2) is 0 Å². The molecule has 1 aliphatic rings. The maximum atomic E-state index is 5.64. The van der Waals surface area contributed by atoms with Crippen molar-refractivity contribution in [2.75, 3.05) is 26.2 Å². The fourth-order valence-electron chi connectivity index (χ4n) is 2.15. The molecule has 1 saturated heterocycles. The van der Waals surface area contributed by atoms with Crippen LogP contribution in [0.5, 0.6) is 0 Å². The van der Waals surface area contributed by atoms with Crippen LogP contribution in [0.4, 0.5) is 0 Å². The van der Waals surface area contributed by atoms with E-state index in [1.54, 1.807) is 0 Å². The normalized spacial score (nSPS) is 26.2. The molecule has 0 aliphatic carbocycles. The summed E-state index contributed by atoms with van der Waals surface area (Å²) in [6.07, 6.45) is 1.55. The molecule has 0 radical (unpaired) electrons. The van der Waals surface area contributed by atoms with Gasteiger partial charge in [-0.05, 0) is 34.1 Å². The zero-order valence-corrected chi connectivity index (χ0v) is 11.5. The Balaban J connectivity index is 2.40. The van der Waals surface area contributed by atoms with E-state index in [2.05, 4.69) is 44.8 Å². The van der Waals surface area contributed by atoms with Crippen molar-refractivity contribution in [3.05, 3.63) is 0 Å². The van der Waals surface area contributed by atoms with Crippen LogP contribution in [0.15, 0.2) is 0 Å². The van der Waals surface area contributed by atoms with Gasteiger partial charge in [0, 0.05) is 31.2 Å². The second kappa shape index (κ2) is 5.99. The maximum Gasteiger partial charge on any atom is 0.0597 e. The molecule has 3 heteroatoms. The van der Waals surface area contributed by atoms with E-state index in [9.17, 15) is 0 Å². The van der Waals surface area contributed by atoms with E-state index in [0.717, 1.165) is 26.2 Å². The fraction of sp³-hybridized carbons (Fsp3) is 1.00. The van der Waals surface area contributed by atoms with Gasteiger partial charge in [0.1, 0.15) is 0 Å². The Labute approximate surface area is 101 Å². The number of rotatable bonds is 5. The van der Waals surface area contributed by atoms with E-state index in [4.69, 9.17) is 4.74 Å². The van der Waals surface area contributed by atoms with Gasteiger partial charge < -0.3 is 10.1 Å². The predicted octanol–water partition coefficient (Wildman–Crippen LogP) is 1.87. The third-order valence-corrected chi connectivity index (χ3v) is 3.43. The van der Waals surface area contributed by atoms with Crippen LogP contribution in [0.3, 0.4) is 0 Å². The molecule has 0 aromatic carbocycles. The average molecular weight is 228 g/mol. The lowest BCUT2D eigenvalue weighted by atomic mass is 9.96. The molecule has 0 bridgehead atoms. The zero-order chi connectivity index (χ0) is 12.2. The minimum Gasteiger partial charge on any atom is -0.377 e. The molecule has 0 aromatic heterocycles. The summed E-state index contributed by atoms with van der Waals surface area (Å²) >= 11 is 0. The SMILES string of the molecule is CCC1CN(CCOC(C)C)C(C)(C)CN1. The van der Waals surface area contributed by atoms with E-state index in [-0.39, 0.29) is 5.54 Å². The molecule has 1 rings (SSSR count). The first-order valence-electron chi connectivity index (χ1n) is 6.55. The Morgan fingerprint density at radius 2 is 2.12 bits per heavy atom. The Morgan fingerprint density at radius 1 is 1.44 bits per heavy atom. The van der Waals surface area contributed by atoms with Crippen LogP contribution in [0, 0.1) is 0 Å². The van der Waals surface area contributed by atoms with E-state index in [1.165, 1.54) is 6.42 Å². The maximum absolute atomic E-state index is 5.64. The van der Waals surface area contributed by atoms with Crippen molar-refractivity contribution in [2.24, 2.45) is 0 Å².